The summed E-state index contributed by atoms with van der Waals surface area (Å²) in [6.45, 7) is 6.18. The van der Waals surface area contributed by atoms with Crippen molar-refractivity contribution in [2.45, 2.75) is 0 Å². The maximum absolute atomic E-state index is 12.6. The number of rotatable bonds is 5. The lowest BCUT2D eigenvalue weighted by Gasteiger charge is -2.33. The normalized spacial score (nSPS) is 17.4. The highest BCUT2D eigenvalue weighted by Gasteiger charge is 2.19. The van der Waals surface area contributed by atoms with Gasteiger partial charge in [0.05, 0.1) is 37.8 Å². The maximum Gasteiger partial charge on any atom is 0.248 e. The van der Waals surface area contributed by atoms with Gasteiger partial charge in [0, 0.05) is 43.0 Å². The Labute approximate surface area is 182 Å². The second-order valence-corrected chi connectivity index (χ2v) is 7.71. The third-order valence-corrected chi connectivity index (χ3v) is 5.48. The maximum atomic E-state index is 12.6. The van der Waals surface area contributed by atoms with E-state index in [9.17, 15) is 4.79 Å². The molecule has 6 nitrogen and oxygen atoms in total. The number of halogens is 1. The fourth-order valence-electron chi connectivity index (χ4n) is 3.67. The van der Waals surface area contributed by atoms with Crippen molar-refractivity contribution in [3.63, 3.8) is 0 Å². The molecule has 1 amide bonds. The van der Waals surface area contributed by atoms with Gasteiger partial charge < -0.3 is 24.6 Å². The van der Waals surface area contributed by atoms with E-state index in [1.807, 2.05) is 30.3 Å². The van der Waals surface area contributed by atoms with Gasteiger partial charge in [-0.25, -0.2) is 0 Å². The van der Waals surface area contributed by atoms with Gasteiger partial charge >= 0.3 is 0 Å². The first-order valence-corrected chi connectivity index (χ1v) is 10.6. The van der Waals surface area contributed by atoms with Crippen LogP contribution in [0.5, 0.6) is 0 Å². The Morgan fingerprint density at radius 1 is 0.933 bits per heavy atom. The fourth-order valence-corrected chi connectivity index (χ4v) is 3.87. The Bertz CT molecular complexity index is 906. The van der Waals surface area contributed by atoms with Crippen molar-refractivity contribution < 1.29 is 14.3 Å². The van der Waals surface area contributed by atoms with E-state index in [0.717, 1.165) is 62.0 Å². The number of amides is 1. The molecule has 2 saturated heterocycles. The highest BCUT2D eigenvalue weighted by molar-refractivity contribution is 6.30. The Morgan fingerprint density at radius 2 is 1.63 bits per heavy atom. The van der Waals surface area contributed by atoms with Crippen LogP contribution in [0.25, 0.3) is 6.08 Å². The van der Waals surface area contributed by atoms with Gasteiger partial charge in [-0.05, 0) is 42.0 Å². The fraction of sp³-hybridized carbons (Fsp3) is 0.348. The summed E-state index contributed by atoms with van der Waals surface area (Å²) < 4.78 is 11.0. The predicted octanol–water partition coefficient (Wildman–Crippen LogP) is 3.67. The van der Waals surface area contributed by atoms with Crippen LogP contribution >= 0.6 is 11.6 Å². The van der Waals surface area contributed by atoms with Crippen LogP contribution in [0, 0.1) is 0 Å². The quantitative estimate of drug-likeness (QED) is 0.738. The molecule has 0 atom stereocenters. The lowest BCUT2D eigenvalue weighted by atomic mass is 10.1. The first-order chi connectivity index (χ1) is 14.7. The number of nitrogens with one attached hydrogen (secondary N) is 1. The number of carbonyl (C=O) groups is 1. The molecule has 2 heterocycles. The van der Waals surface area contributed by atoms with Gasteiger partial charge in [0.25, 0.3) is 0 Å². The van der Waals surface area contributed by atoms with Crippen LogP contribution < -0.4 is 15.1 Å². The first-order valence-electron chi connectivity index (χ1n) is 10.2. The number of hydrogen-bond donors (Lipinski definition) is 1. The second-order valence-electron chi connectivity index (χ2n) is 7.28. The van der Waals surface area contributed by atoms with Gasteiger partial charge in [0.2, 0.25) is 5.91 Å². The van der Waals surface area contributed by atoms with Gasteiger partial charge in [0.1, 0.15) is 0 Å². The van der Waals surface area contributed by atoms with Gasteiger partial charge in [0.15, 0.2) is 0 Å². The lowest BCUT2D eigenvalue weighted by Crippen LogP contribution is -2.38. The van der Waals surface area contributed by atoms with E-state index in [0.29, 0.717) is 18.2 Å². The summed E-state index contributed by atoms with van der Waals surface area (Å²) in [5.74, 6) is -0.177. The van der Waals surface area contributed by atoms with Crippen molar-refractivity contribution in [3.8, 4) is 0 Å². The molecule has 4 rings (SSSR count). The molecule has 0 unspecified atom stereocenters. The zero-order valence-corrected chi connectivity index (χ0v) is 17.6. The Hall–Kier alpha value is -2.54. The summed E-state index contributed by atoms with van der Waals surface area (Å²) in [5.41, 5.74) is 3.85. The van der Waals surface area contributed by atoms with E-state index in [2.05, 4.69) is 27.2 Å². The standard InChI is InChI=1S/C23H26ClN3O3/c24-19-3-1-2-18(16-19)4-7-23(28)25-21-6-5-20(26-8-12-29-13-9-26)17-22(21)27-10-14-30-15-11-27/h1-7,16-17H,8-15H2,(H,25,28)/b7-4+. The minimum atomic E-state index is -0.177. The largest absolute Gasteiger partial charge is 0.378 e. The molecule has 30 heavy (non-hydrogen) atoms. The molecule has 1 N–H and O–H groups in total. The molecule has 2 fully saturated rings. The number of nitrogens with zero attached hydrogens (tertiary/aromatic N) is 2. The summed E-state index contributed by atoms with van der Waals surface area (Å²) >= 11 is 6.01. The van der Waals surface area contributed by atoms with Crippen molar-refractivity contribution in [2.24, 2.45) is 0 Å². The predicted molar refractivity (Wildman–Crippen MR) is 122 cm³/mol. The molecule has 7 heteroatoms. The lowest BCUT2D eigenvalue weighted by molar-refractivity contribution is -0.111. The monoisotopic (exact) mass is 427 g/mol. The average Bonchev–Trinajstić information content (AvgIpc) is 2.79. The summed E-state index contributed by atoms with van der Waals surface area (Å²) in [5, 5.41) is 3.68. The Morgan fingerprint density at radius 3 is 2.33 bits per heavy atom. The minimum absolute atomic E-state index is 0.177. The SMILES string of the molecule is O=C(/C=C/c1cccc(Cl)c1)Nc1ccc(N2CCOCC2)cc1N1CCOCC1. The van der Waals surface area contributed by atoms with Crippen molar-refractivity contribution in [3.05, 3.63) is 59.1 Å². The average molecular weight is 428 g/mol. The molecule has 0 bridgehead atoms. The van der Waals surface area contributed by atoms with Crippen molar-refractivity contribution in [1.82, 2.24) is 0 Å². The van der Waals surface area contributed by atoms with Crippen LogP contribution in [0.1, 0.15) is 5.56 Å². The third-order valence-electron chi connectivity index (χ3n) is 5.24. The molecule has 2 aliphatic rings. The van der Waals surface area contributed by atoms with Crippen LogP contribution in [0.15, 0.2) is 48.5 Å². The molecule has 0 radical (unpaired) electrons. The van der Waals surface area contributed by atoms with Crippen LogP contribution in [0.2, 0.25) is 5.02 Å². The molecular weight excluding hydrogens is 402 g/mol. The van der Waals surface area contributed by atoms with E-state index in [4.69, 9.17) is 21.1 Å². The number of benzene rings is 2. The molecule has 2 aromatic rings. The van der Waals surface area contributed by atoms with Crippen LogP contribution in [0.4, 0.5) is 17.1 Å². The number of hydrogen-bond acceptors (Lipinski definition) is 5. The second kappa shape index (κ2) is 9.98. The summed E-state index contributed by atoms with van der Waals surface area (Å²) in [7, 11) is 0. The van der Waals surface area contributed by atoms with E-state index >= 15 is 0 Å². The van der Waals surface area contributed by atoms with E-state index in [1.54, 1.807) is 6.08 Å². The van der Waals surface area contributed by atoms with Crippen LogP contribution in [-0.4, -0.2) is 58.5 Å². The zero-order chi connectivity index (χ0) is 20.8. The molecule has 158 valence electrons. The Balaban J connectivity index is 1.53. The highest BCUT2D eigenvalue weighted by atomic mass is 35.5. The van der Waals surface area contributed by atoms with Crippen LogP contribution in [0.3, 0.4) is 0 Å². The van der Waals surface area contributed by atoms with Gasteiger partial charge in [-0.1, -0.05) is 23.7 Å². The molecular formula is C23H26ClN3O3. The molecule has 0 spiro atoms. The number of carbonyl (C=O) groups excluding carboxylic acids is 1. The van der Waals surface area contributed by atoms with Crippen LogP contribution in [-0.2, 0) is 14.3 Å². The molecule has 2 aliphatic heterocycles. The number of anilines is 3. The Kier molecular flexibility index (Phi) is 6.89. The number of ether oxygens (including phenoxy) is 2. The van der Waals surface area contributed by atoms with Crippen molar-refractivity contribution in [2.75, 3.05) is 67.7 Å². The van der Waals surface area contributed by atoms with Crippen molar-refractivity contribution in [1.29, 1.82) is 0 Å². The van der Waals surface area contributed by atoms with E-state index in [-0.39, 0.29) is 5.91 Å². The summed E-state index contributed by atoms with van der Waals surface area (Å²) in [6.07, 6.45) is 3.29. The van der Waals surface area contributed by atoms with Crippen molar-refractivity contribution >= 4 is 40.6 Å². The number of morpholine rings is 2. The minimum Gasteiger partial charge on any atom is -0.378 e. The molecule has 0 aliphatic carbocycles. The highest BCUT2D eigenvalue weighted by Crippen LogP contribution is 2.32. The van der Waals surface area contributed by atoms with Gasteiger partial charge in [-0.15, -0.1) is 0 Å². The topological polar surface area (TPSA) is 54.0 Å². The third kappa shape index (κ3) is 5.33. The zero-order valence-electron chi connectivity index (χ0n) is 16.9. The summed E-state index contributed by atoms with van der Waals surface area (Å²) in [6, 6.07) is 13.6. The summed E-state index contributed by atoms with van der Waals surface area (Å²) in [4.78, 5) is 17.2. The first kappa shape index (κ1) is 20.7. The van der Waals surface area contributed by atoms with Gasteiger partial charge in [-0.3, -0.25) is 4.79 Å². The molecule has 0 aromatic heterocycles. The molecule has 2 aromatic carbocycles. The smallest absolute Gasteiger partial charge is 0.248 e. The van der Waals surface area contributed by atoms with E-state index < -0.39 is 0 Å². The van der Waals surface area contributed by atoms with E-state index in [1.165, 1.54) is 6.08 Å². The van der Waals surface area contributed by atoms with Gasteiger partial charge in [-0.2, -0.15) is 0 Å². The molecule has 0 saturated carbocycles.